The molecule has 0 bridgehead atoms. The van der Waals surface area contributed by atoms with Crippen LogP contribution in [0.2, 0.25) is 0 Å². The number of aryl methyl sites for hydroxylation is 3. The summed E-state index contributed by atoms with van der Waals surface area (Å²) in [5.74, 6) is 0.475. The number of hydrogen-bond acceptors (Lipinski definition) is 6. The van der Waals surface area contributed by atoms with E-state index in [-0.39, 0.29) is 24.6 Å². The summed E-state index contributed by atoms with van der Waals surface area (Å²) in [5, 5.41) is 9.81. The first-order valence-corrected chi connectivity index (χ1v) is 10.6. The molecule has 8 nitrogen and oxygen atoms in total. The molecule has 0 fully saturated rings. The van der Waals surface area contributed by atoms with Crippen molar-refractivity contribution >= 4 is 33.6 Å². The molecule has 0 atom stereocenters. The molecular weight excluding hydrogens is 408 g/mol. The van der Waals surface area contributed by atoms with Crippen molar-refractivity contribution in [1.82, 2.24) is 19.2 Å². The second-order valence-corrected chi connectivity index (χ2v) is 8.20. The molecule has 0 saturated carbocycles. The monoisotopic (exact) mass is 428 g/mol. The van der Waals surface area contributed by atoms with E-state index < -0.39 is 0 Å². The van der Waals surface area contributed by atoms with Gasteiger partial charge in [0.1, 0.15) is 5.58 Å². The Labute approximate surface area is 182 Å². The van der Waals surface area contributed by atoms with Crippen LogP contribution in [0.4, 0.5) is 0 Å². The van der Waals surface area contributed by atoms with Crippen LogP contribution in [-0.2, 0) is 42.4 Å². The number of nitrogens with zero attached hydrogens (tertiary/aromatic N) is 4. The Bertz CT molecular complexity index is 1590. The van der Waals surface area contributed by atoms with E-state index in [2.05, 4.69) is 22.3 Å². The highest BCUT2D eigenvalue weighted by molar-refractivity contribution is 5.87. The normalized spacial score (nSPS) is 13.3. The van der Waals surface area contributed by atoms with E-state index in [9.17, 15) is 9.59 Å². The summed E-state index contributed by atoms with van der Waals surface area (Å²) in [6.45, 7) is -0.0482. The van der Waals surface area contributed by atoms with Crippen LogP contribution in [0.1, 0.15) is 28.9 Å². The van der Waals surface area contributed by atoms with Crippen molar-refractivity contribution < 1.29 is 13.9 Å². The van der Waals surface area contributed by atoms with Crippen molar-refractivity contribution in [3.63, 3.8) is 0 Å². The van der Waals surface area contributed by atoms with Crippen LogP contribution in [-0.4, -0.2) is 25.1 Å². The zero-order valence-electron chi connectivity index (χ0n) is 17.5. The van der Waals surface area contributed by atoms with Crippen molar-refractivity contribution in [2.24, 2.45) is 7.05 Å². The van der Waals surface area contributed by atoms with Crippen LogP contribution < -0.4 is 5.56 Å². The molecule has 160 valence electrons. The molecule has 2 aromatic carbocycles. The fourth-order valence-electron chi connectivity index (χ4n) is 4.62. The van der Waals surface area contributed by atoms with Gasteiger partial charge in [-0.25, -0.2) is 0 Å². The Morgan fingerprint density at radius 2 is 1.94 bits per heavy atom. The lowest BCUT2D eigenvalue weighted by Gasteiger charge is -2.08. The molecule has 32 heavy (non-hydrogen) atoms. The van der Waals surface area contributed by atoms with Crippen molar-refractivity contribution in [3.05, 3.63) is 75.5 Å². The molecule has 3 heterocycles. The molecule has 3 aromatic heterocycles. The molecule has 5 aromatic rings. The van der Waals surface area contributed by atoms with Crippen molar-refractivity contribution in [2.45, 2.75) is 32.3 Å². The van der Waals surface area contributed by atoms with Gasteiger partial charge in [0, 0.05) is 18.0 Å². The highest BCUT2D eigenvalue weighted by Gasteiger charge is 2.19. The van der Waals surface area contributed by atoms with Crippen LogP contribution in [0.25, 0.3) is 27.6 Å². The van der Waals surface area contributed by atoms with Gasteiger partial charge in [-0.1, -0.05) is 12.1 Å². The first-order valence-electron chi connectivity index (χ1n) is 10.6. The maximum absolute atomic E-state index is 12.6. The minimum atomic E-state index is -0.376. The molecule has 0 spiro atoms. The maximum Gasteiger partial charge on any atom is 0.310 e. The van der Waals surface area contributed by atoms with E-state index in [1.165, 1.54) is 15.7 Å². The Balaban J connectivity index is 1.27. The first kappa shape index (κ1) is 18.8. The lowest BCUT2D eigenvalue weighted by molar-refractivity contribution is -0.144. The summed E-state index contributed by atoms with van der Waals surface area (Å²) >= 11 is 0. The Kier molecular flexibility index (Phi) is 4.14. The van der Waals surface area contributed by atoms with Crippen molar-refractivity contribution in [3.8, 4) is 0 Å². The van der Waals surface area contributed by atoms with E-state index in [1.54, 1.807) is 23.8 Å². The average molecular weight is 428 g/mol. The smallest absolute Gasteiger partial charge is 0.310 e. The van der Waals surface area contributed by atoms with Crippen LogP contribution >= 0.6 is 0 Å². The number of ether oxygens (including phenoxy) is 1. The summed E-state index contributed by atoms with van der Waals surface area (Å²) in [5.41, 5.74) is 4.82. The second-order valence-electron chi connectivity index (χ2n) is 8.20. The largest absolute Gasteiger partial charge is 0.464 e. The van der Waals surface area contributed by atoms with Crippen molar-refractivity contribution in [1.29, 1.82) is 0 Å². The third-order valence-corrected chi connectivity index (χ3v) is 6.26. The lowest BCUT2D eigenvalue weighted by atomic mass is 10.0. The van der Waals surface area contributed by atoms with Crippen molar-refractivity contribution in [2.75, 3.05) is 0 Å². The molecular formula is C24H20N4O4. The molecule has 1 aliphatic carbocycles. The number of hydrogen-bond donors (Lipinski definition) is 0. The molecule has 8 heteroatoms. The topological polar surface area (TPSA) is 91.6 Å². The molecule has 0 N–H and O–H groups in total. The van der Waals surface area contributed by atoms with Gasteiger partial charge in [0.15, 0.2) is 12.4 Å². The average Bonchev–Trinajstić information content (AvgIpc) is 3.53. The fraction of sp³-hybridized carbons (Fsp3) is 0.250. The predicted molar refractivity (Wildman–Crippen MR) is 117 cm³/mol. The molecule has 1 aliphatic rings. The Morgan fingerprint density at radius 1 is 1.12 bits per heavy atom. The number of carbonyl (C=O) groups excluding carboxylic acids is 1. The molecule has 0 radical (unpaired) electrons. The van der Waals surface area contributed by atoms with Gasteiger partial charge >= 0.3 is 5.97 Å². The minimum absolute atomic E-state index is 0.0482. The predicted octanol–water partition coefficient (Wildman–Crippen LogP) is 3.10. The van der Waals surface area contributed by atoms with E-state index >= 15 is 0 Å². The number of carbonyl (C=O) groups is 1. The molecule has 0 saturated heterocycles. The number of esters is 1. The maximum atomic E-state index is 12.6. The van der Waals surface area contributed by atoms with Crippen LogP contribution in [0.3, 0.4) is 0 Å². The third kappa shape index (κ3) is 2.83. The first-order chi connectivity index (χ1) is 15.6. The van der Waals surface area contributed by atoms with E-state index in [0.29, 0.717) is 22.5 Å². The van der Waals surface area contributed by atoms with Gasteiger partial charge in [0.25, 0.3) is 5.56 Å². The van der Waals surface area contributed by atoms with Crippen LogP contribution in [0.5, 0.6) is 0 Å². The number of furan rings is 1. The lowest BCUT2D eigenvalue weighted by Crippen LogP contribution is -2.20. The number of benzene rings is 2. The highest BCUT2D eigenvalue weighted by atomic mass is 16.5. The number of para-hydroxylation sites is 1. The number of aromatic nitrogens is 4. The van der Waals surface area contributed by atoms with Gasteiger partial charge in [-0.05, 0) is 54.7 Å². The summed E-state index contributed by atoms with van der Waals surface area (Å²) in [6, 6.07) is 11.5. The quantitative estimate of drug-likeness (QED) is 0.409. The fourth-order valence-corrected chi connectivity index (χ4v) is 4.62. The standard InChI is InChI=1S/C24H20N4O4/c1-27-23(30)17-7-2-3-8-19(17)28-21(25-26-24(27)28)13-32-22(29)11-16-12-31-20-10-15-6-4-5-14(15)9-18(16)20/h2-3,7-10,12H,4-6,11,13H2,1H3. The van der Waals surface area contributed by atoms with E-state index in [0.717, 1.165) is 35.8 Å². The number of fused-ring (bicyclic) bond motifs is 5. The number of rotatable bonds is 4. The zero-order chi connectivity index (χ0) is 21.8. The van der Waals surface area contributed by atoms with E-state index in [4.69, 9.17) is 9.15 Å². The molecule has 0 unspecified atom stereocenters. The summed E-state index contributed by atoms with van der Waals surface area (Å²) < 4.78 is 14.4. The molecule has 6 rings (SSSR count). The Morgan fingerprint density at radius 3 is 2.81 bits per heavy atom. The van der Waals surface area contributed by atoms with Gasteiger partial charge in [-0.3, -0.25) is 18.6 Å². The molecule has 0 aliphatic heterocycles. The van der Waals surface area contributed by atoms with Gasteiger partial charge in [-0.15, -0.1) is 10.2 Å². The van der Waals surface area contributed by atoms with Gasteiger partial charge in [0.2, 0.25) is 5.78 Å². The van der Waals surface area contributed by atoms with Crippen LogP contribution in [0.15, 0.2) is 51.9 Å². The van der Waals surface area contributed by atoms with Crippen LogP contribution in [0, 0.1) is 0 Å². The summed E-state index contributed by atoms with van der Waals surface area (Å²) in [4.78, 5) is 25.2. The summed E-state index contributed by atoms with van der Waals surface area (Å²) in [6.07, 6.45) is 5.05. The highest BCUT2D eigenvalue weighted by Crippen LogP contribution is 2.30. The zero-order valence-corrected chi connectivity index (χ0v) is 17.5. The Hall–Kier alpha value is -3.94. The third-order valence-electron chi connectivity index (χ3n) is 6.26. The second kappa shape index (κ2) is 7.05. The van der Waals surface area contributed by atoms with Gasteiger partial charge in [0.05, 0.1) is 23.6 Å². The van der Waals surface area contributed by atoms with Gasteiger partial charge < -0.3 is 9.15 Å². The van der Waals surface area contributed by atoms with Gasteiger partial charge in [-0.2, -0.15) is 0 Å². The minimum Gasteiger partial charge on any atom is -0.464 e. The SMILES string of the molecule is Cn1c(=O)c2ccccc2n2c(COC(=O)Cc3coc4cc5c(cc34)CCC5)nnc12. The van der Waals surface area contributed by atoms with E-state index in [1.807, 2.05) is 18.2 Å². The molecule has 0 amide bonds. The summed E-state index contributed by atoms with van der Waals surface area (Å²) in [7, 11) is 1.65.